The van der Waals surface area contributed by atoms with Crippen molar-refractivity contribution in [1.82, 2.24) is 10.3 Å². The molecule has 3 nitrogen and oxygen atoms in total. The van der Waals surface area contributed by atoms with Crippen LogP contribution in [0.15, 0.2) is 18.3 Å². The summed E-state index contributed by atoms with van der Waals surface area (Å²) in [5.41, 5.74) is 2.46. The number of hydrogen-bond donors (Lipinski definition) is 1. The Kier molecular flexibility index (Phi) is 4.37. The molecule has 1 unspecified atom stereocenters. The van der Waals surface area contributed by atoms with Crippen molar-refractivity contribution >= 4 is 5.69 Å². The van der Waals surface area contributed by atoms with Crippen LogP contribution in [0.3, 0.4) is 0 Å². The average Bonchev–Trinajstić information content (AvgIpc) is 2.31. The lowest BCUT2D eigenvalue weighted by Gasteiger charge is -2.31. The Balaban J connectivity index is 2.07. The normalized spacial score (nSPS) is 22.0. The summed E-state index contributed by atoms with van der Waals surface area (Å²) in [5, 5.41) is 3.62. The molecule has 1 fully saturated rings. The molecule has 2 rings (SSSR count). The minimum absolute atomic E-state index is 0.676. The monoisotopic (exact) mass is 233 g/mol. The van der Waals surface area contributed by atoms with Gasteiger partial charge in [-0.2, -0.15) is 0 Å². The van der Waals surface area contributed by atoms with Gasteiger partial charge < -0.3 is 10.2 Å². The van der Waals surface area contributed by atoms with Crippen LogP contribution in [0.5, 0.6) is 0 Å². The molecule has 2 heterocycles. The van der Waals surface area contributed by atoms with Gasteiger partial charge in [0.25, 0.3) is 0 Å². The first-order valence-electron chi connectivity index (χ1n) is 6.71. The van der Waals surface area contributed by atoms with Gasteiger partial charge in [-0.3, -0.25) is 4.98 Å². The molecule has 0 radical (unpaired) electrons. The Morgan fingerprint density at radius 1 is 1.47 bits per heavy atom. The molecule has 0 spiro atoms. The van der Waals surface area contributed by atoms with Crippen molar-refractivity contribution in [2.24, 2.45) is 0 Å². The van der Waals surface area contributed by atoms with Gasteiger partial charge in [0.1, 0.15) is 0 Å². The van der Waals surface area contributed by atoms with Gasteiger partial charge in [0.2, 0.25) is 0 Å². The Bertz CT molecular complexity index is 351. The number of hydrogen-bond acceptors (Lipinski definition) is 3. The quantitative estimate of drug-likeness (QED) is 0.850. The van der Waals surface area contributed by atoms with Crippen molar-refractivity contribution in [1.29, 1.82) is 0 Å². The van der Waals surface area contributed by atoms with E-state index in [-0.39, 0.29) is 0 Å². The highest BCUT2D eigenvalue weighted by Gasteiger charge is 2.15. The zero-order valence-corrected chi connectivity index (χ0v) is 10.9. The van der Waals surface area contributed by atoms with E-state index in [1.54, 1.807) is 0 Å². The van der Waals surface area contributed by atoms with Crippen molar-refractivity contribution in [2.75, 3.05) is 24.5 Å². The SMILES string of the molecule is CCC1CCN(c2cccnc2C)CCCN1. The molecule has 1 atom stereocenters. The Morgan fingerprint density at radius 2 is 2.35 bits per heavy atom. The van der Waals surface area contributed by atoms with E-state index in [1.165, 1.54) is 24.9 Å². The molecule has 0 aliphatic carbocycles. The molecular weight excluding hydrogens is 210 g/mol. The van der Waals surface area contributed by atoms with Crippen LogP contribution < -0.4 is 10.2 Å². The maximum absolute atomic E-state index is 4.39. The molecule has 0 amide bonds. The summed E-state index contributed by atoms with van der Waals surface area (Å²) in [6.07, 6.45) is 5.54. The van der Waals surface area contributed by atoms with Crippen molar-refractivity contribution in [3.63, 3.8) is 0 Å². The van der Waals surface area contributed by atoms with Crippen LogP contribution in [0, 0.1) is 6.92 Å². The third-order valence-electron chi connectivity index (χ3n) is 3.60. The molecule has 1 aromatic rings. The molecule has 17 heavy (non-hydrogen) atoms. The summed E-state index contributed by atoms with van der Waals surface area (Å²) >= 11 is 0. The van der Waals surface area contributed by atoms with Crippen LogP contribution in [0.1, 0.15) is 31.9 Å². The largest absolute Gasteiger partial charge is 0.370 e. The first kappa shape index (κ1) is 12.4. The smallest absolute Gasteiger partial charge is 0.0605 e. The van der Waals surface area contributed by atoms with Crippen LogP contribution in [0.2, 0.25) is 0 Å². The van der Waals surface area contributed by atoms with Crippen LogP contribution >= 0.6 is 0 Å². The fourth-order valence-corrected chi connectivity index (χ4v) is 2.50. The fraction of sp³-hybridized carbons (Fsp3) is 0.643. The van der Waals surface area contributed by atoms with E-state index in [1.807, 2.05) is 12.3 Å². The Labute approximate surface area is 104 Å². The summed E-state index contributed by atoms with van der Waals surface area (Å²) < 4.78 is 0. The number of rotatable bonds is 2. The average molecular weight is 233 g/mol. The molecule has 1 saturated heterocycles. The van der Waals surface area contributed by atoms with Crippen molar-refractivity contribution in [3.05, 3.63) is 24.0 Å². The number of pyridine rings is 1. The zero-order chi connectivity index (χ0) is 12.1. The zero-order valence-electron chi connectivity index (χ0n) is 10.9. The van der Waals surface area contributed by atoms with Gasteiger partial charge in [-0.1, -0.05) is 6.92 Å². The minimum atomic E-state index is 0.676. The van der Waals surface area contributed by atoms with E-state index in [9.17, 15) is 0 Å². The molecule has 3 heteroatoms. The maximum Gasteiger partial charge on any atom is 0.0605 e. The van der Waals surface area contributed by atoms with E-state index in [2.05, 4.69) is 35.1 Å². The summed E-state index contributed by atoms with van der Waals surface area (Å²) in [6.45, 7) is 7.77. The van der Waals surface area contributed by atoms with Crippen LogP contribution in [0.25, 0.3) is 0 Å². The number of nitrogens with zero attached hydrogens (tertiary/aromatic N) is 2. The summed E-state index contributed by atoms with van der Waals surface area (Å²) in [7, 11) is 0. The van der Waals surface area contributed by atoms with Crippen molar-refractivity contribution in [2.45, 2.75) is 39.2 Å². The maximum atomic E-state index is 4.39. The predicted octanol–water partition coefficient (Wildman–Crippen LogP) is 2.36. The lowest BCUT2D eigenvalue weighted by molar-refractivity contribution is 0.439. The predicted molar refractivity (Wildman–Crippen MR) is 72.5 cm³/mol. The van der Waals surface area contributed by atoms with Crippen molar-refractivity contribution < 1.29 is 0 Å². The summed E-state index contributed by atoms with van der Waals surface area (Å²) in [5.74, 6) is 0. The number of nitrogens with one attached hydrogen (secondary N) is 1. The number of aryl methyl sites for hydroxylation is 1. The second-order valence-electron chi connectivity index (χ2n) is 4.80. The van der Waals surface area contributed by atoms with Crippen LogP contribution in [-0.2, 0) is 0 Å². The van der Waals surface area contributed by atoms with Gasteiger partial charge >= 0.3 is 0 Å². The van der Waals surface area contributed by atoms with E-state index < -0.39 is 0 Å². The summed E-state index contributed by atoms with van der Waals surface area (Å²) in [6, 6.07) is 4.91. The third kappa shape index (κ3) is 3.19. The highest BCUT2D eigenvalue weighted by atomic mass is 15.1. The molecule has 0 bridgehead atoms. The Hall–Kier alpha value is -1.09. The third-order valence-corrected chi connectivity index (χ3v) is 3.60. The standard InChI is InChI=1S/C14H23N3/c1-3-13-7-11-17(10-5-9-16-13)14-6-4-8-15-12(14)2/h4,6,8,13,16H,3,5,7,9-11H2,1-2H3. The van der Waals surface area contributed by atoms with Gasteiger partial charge in [0.05, 0.1) is 11.4 Å². The van der Waals surface area contributed by atoms with Crippen molar-refractivity contribution in [3.8, 4) is 0 Å². The van der Waals surface area contributed by atoms with Crippen LogP contribution in [0.4, 0.5) is 5.69 Å². The van der Waals surface area contributed by atoms with Crippen LogP contribution in [-0.4, -0.2) is 30.7 Å². The van der Waals surface area contributed by atoms with Gasteiger partial charge in [-0.25, -0.2) is 0 Å². The van der Waals surface area contributed by atoms with Gasteiger partial charge in [0, 0.05) is 25.3 Å². The second kappa shape index (κ2) is 6.01. The fourth-order valence-electron chi connectivity index (χ4n) is 2.50. The topological polar surface area (TPSA) is 28.2 Å². The molecule has 1 aromatic heterocycles. The Morgan fingerprint density at radius 3 is 3.12 bits per heavy atom. The highest BCUT2D eigenvalue weighted by Crippen LogP contribution is 2.19. The van der Waals surface area contributed by atoms with E-state index in [0.717, 1.165) is 25.3 Å². The summed E-state index contributed by atoms with van der Waals surface area (Å²) in [4.78, 5) is 6.88. The molecule has 1 N–H and O–H groups in total. The molecule has 94 valence electrons. The number of aromatic nitrogens is 1. The first-order valence-corrected chi connectivity index (χ1v) is 6.71. The molecule has 0 saturated carbocycles. The molecule has 1 aliphatic heterocycles. The molecule has 0 aromatic carbocycles. The first-order chi connectivity index (χ1) is 8.31. The van der Waals surface area contributed by atoms with Gasteiger partial charge in [-0.05, 0) is 44.9 Å². The molecular formula is C14H23N3. The number of anilines is 1. The second-order valence-corrected chi connectivity index (χ2v) is 4.80. The highest BCUT2D eigenvalue weighted by molar-refractivity contribution is 5.49. The van der Waals surface area contributed by atoms with E-state index >= 15 is 0 Å². The molecule has 1 aliphatic rings. The van der Waals surface area contributed by atoms with E-state index in [4.69, 9.17) is 0 Å². The minimum Gasteiger partial charge on any atom is -0.370 e. The van der Waals surface area contributed by atoms with Gasteiger partial charge in [0.15, 0.2) is 0 Å². The van der Waals surface area contributed by atoms with E-state index in [0.29, 0.717) is 6.04 Å². The lowest BCUT2D eigenvalue weighted by Crippen LogP contribution is -2.39. The lowest BCUT2D eigenvalue weighted by atomic mass is 10.1. The van der Waals surface area contributed by atoms with Gasteiger partial charge in [-0.15, -0.1) is 0 Å².